The molecular formula is C7H18N2S. The van der Waals surface area contributed by atoms with Crippen molar-refractivity contribution < 1.29 is 0 Å². The summed E-state index contributed by atoms with van der Waals surface area (Å²) in [5.41, 5.74) is 0. The summed E-state index contributed by atoms with van der Waals surface area (Å²) in [5, 5.41) is 3.27. The molecule has 1 atom stereocenters. The molecule has 2 nitrogen and oxygen atoms in total. The fourth-order valence-electron chi connectivity index (χ4n) is 0.830. The third-order valence-electron chi connectivity index (χ3n) is 1.47. The molecule has 1 aliphatic rings. The number of nitrogens with zero attached hydrogens (tertiary/aromatic N) is 1. The van der Waals surface area contributed by atoms with E-state index < -0.39 is 0 Å². The largest absolute Gasteiger partial charge is 0.314 e. The van der Waals surface area contributed by atoms with Gasteiger partial charge in [-0.15, -0.1) is 0 Å². The second-order valence-corrected chi connectivity index (χ2v) is 2.73. The van der Waals surface area contributed by atoms with E-state index in [1.165, 1.54) is 0 Å². The van der Waals surface area contributed by atoms with E-state index in [9.17, 15) is 0 Å². The van der Waals surface area contributed by atoms with E-state index in [0.29, 0.717) is 6.04 Å². The van der Waals surface area contributed by atoms with Gasteiger partial charge in [0, 0.05) is 25.7 Å². The van der Waals surface area contributed by atoms with Crippen LogP contribution in [0.5, 0.6) is 0 Å². The van der Waals surface area contributed by atoms with E-state index in [1.807, 2.05) is 13.8 Å². The van der Waals surface area contributed by atoms with Gasteiger partial charge in [0.25, 0.3) is 0 Å². The molecule has 0 aromatic carbocycles. The second-order valence-electron chi connectivity index (χ2n) is 2.22. The Kier molecular flexibility index (Phi) is 6.17. The first-order valence-electron chi connectivity index (χ1n) is 3.97. The second kappa shape index (κ2) is 6.01. The van der Waals surface area contributed by atoms with Crippen LogP contribution in [0.2, 0.25) is 0 Å². The van der Waals surface area contributed by atoms with E-state index in [1.54, 1.807) is 0 Å². The quantitative estimate of drug-likeness (QED) is 0.520. The molecule has 1 fully saturated rings. The monoisotopic (exact) mass is 162 g/mol. The van der Waals surface area contributed by atoms with Crippen molar-refractivity contribution in [3.63, 3.8) is 0 Å². The van der Waals surface area contributed by atoms with Crippen molar-refractivity contribution in [3.8, 4) is 0 Å². The molecule has 0 aromatic rings. The summed E-state index contributed by atoms with van der Waals surface area (Å²) in [6, 6.07) is 0.590. The number of thiol groups is 1. The van der Waals surface area contributed by atoms with Gasteiger partial charge in [-0.3, -0.25) is 0 Å². The first-order chi connectivity index (χ1) is 4.80. The van der Waals surface area contributed by atoms with Crippen molar-refractivity contribution >= 4 is 12.8 Å². The van der Waals surface area contributed by atoms with Gasteiger partial charge >= 0.3 is 0 Å². The summed E-state index contributed by atoms with van der Waals surface area (Å²) < 4.78 is 2.07. The molecule has 1 rings (SSSR count). The first kappa shape index (κ1) is 10.3. The van der Waals surface area contributed by atoms with Crippen LogP contribution in [0.15, 0.2) is 0 Å². The lowest BCUT2D eigenvalue weighted by atomic mass is 10.3. The predicted octanol–water partition coefficient (Wildman–Crippen LogP) is 1.15. The summed E-state index contributed by atoms with van der Waals surface area (Å²) in [6.07, 6.45) is 0. The summed E-state index contributed by atoms with van der Waals surface area (Å²) in [4.78, 5) is 0. The van der Waals surface area contributed by atoms with Gasteiger partial charge in [-0.2, -0.15) is 0 Å². The summed E-state index contributed by atoms with van der Waals surface area (Å²) in [6.45, 7) is 9.38. The molecule has 0 amide bonds. The van der Waals surface area contributed by atoms with Gasteiger partial charge in [-0.25, -0.2) is 4.31 Å². The highest BCUT2D eigenvalue weighted by atomic mass is 32.1. The van der Waals surface area contributed by atoms with Crippen LogP contribution < -0.4 is 5.32 Å². The van der Waals surface area contributed by atoms with Crippen LogP contribution in [0.1, 0.15) is 20.8 Å². The van der Waals surface area contributed by atoms with E-state index in [0.717, 1.165) is 19.6 Å². The van der Waals surface area contributed by atoms with Gasteiger partial charge in [0.1, 0.15) is 0 Å². The van der Waals surface area contributed by atoms with Crippen molar-refractivity contribution in [1.29, 1.82) is 0 Å². The summed E-state index contributed by atoms with van der Waals surface area (Å²) in [7, 11) is 0. The third kappa shape index (κ3) is 3.44. The van der Waals surface area contributed by atoms with E-state index in [4.69, 9.17) is 0 Å². The Bertz CT molecular complexity index is 68.0. The van der Waals surface area contributed by atoms with Gasteiger partial charge in [0.05, 0.1) is 0 Å². The van der Waals surface area contributed by atoms with Gasteiger partial charge in [-0.05, 0) is 6.92 Å². The lowest BCUT2D eigenvalue weighted by Crippen LogP contribution is -2.44. The average Bonchev–Trinajstić information content (AvgIpc) is 2.00. The van der Waals surface area contributed by atoms with Crippen LogP contribution in [0.25, 0.3) is 0 Å². The first-order valence-corrected chi connectivity index (χ1v) is 4.37. The Morgan fingerprint density at radius 2 is 2.10 bits per heavy atom. The lowest BCUT2D eigenvalue weighted by Gasteiger charge is -2.28. The highest BCUT2D eigenvalue weighted by molar-refractivity contribution is 7.77. The molecule has 10 heavy (non-hydrogen) atoms. The molecule has 1 unspecified atom stereocenters. The topological polar surface area (TPSA) is 15.3 Å². The molecule has 3 heteroatoms. The Balaban J connectivity index is 0.000000371. The minimum absolute atomic E-state index is 0.590. The Hall–Kier alpha value is 0.270. The molecule has 1 aliphatic heterocycles. The van der Waals surface area contributed by atoms with Crippen molar-refractivity contribution in [3.05, 3.63) is 0 Å². The minimum atomic E-state index is 0.590. The number of hydrogen-bond acceptors (Lipinski definition) is 3. The normalized spacial score (nSPS) is 27.0. The molecule has 0 aromatic heterocycles. The van der Waals surface area contributed by atoms with Gasteiger partial charge in [-0.1, -0.05) is 26.7 Å². The summed E-state index contributed by atoms with van der Waals surface area (Å²) >= 11 is 4.25. The van der Waals surface area contributed by atoms with Crippen LogP contribution in [0.4, 0.5) is 0 Å². The lowest BCUT2D eigenvalue weighted by molar-refractivity contribution is 0.313. The van der Waals surface area contributed by atoms with Crippen molar-refractivity contribution in [2.75, 3.05) is 19.6 Å². The Labute approximate surface area is 69.5 Å². The van der Waals surface area contributed by atoms with E-state index >= 15 is 0 Å². The van der Waals surface area contributed by atoms with Crippen molar-refractivity contribution in [2.24, 2.45) is 0 Å². The standard InChI is InChI=1S/C5H12N2S.C2H6/c1-5-4-6-2-3-7(5)8;1-2/h5-6,8H,2-4H2,1H3;1-2H3. The van der Waals surface area contributed by atoms with Crippen LogP contribution in [0.3, 0.4) is 0 Å². The van der Waals surface area contributed by atoms with E-state index in [-0.39, 0.29) is 0 Å². The smallest absolute Gasteiger partial charge is 0.0297 e. The molecule has 0 bridgehead atoms. The number of rotatable bonds is 0. The fraction of sp³-hybridized carbons (Fsp3) is 1.00. The van der Waals surface area contributed by atoms with Gasteiger partial charge in [0.15, 0.2) is 0 Å². The maximum absolute atomic E-state index is 4.25. The average molecular weight is 162 g/mol. The van der Waals surface area contributed by atoms with Crippen LogP contribution in [-0.2, 0) is 0 Å². The van der Waals surface area contributed by atoms with Gasteiger partial charge < -0.3 is 5.32 Å². The third-order valence-corrected chi connectivity index (χ3v) is 2.06. The molecular weight excluding hydrogens is 144 g/mol. The van der Waals surface area contributed by atoms with Crippen LogP contribution in [0, 0.1) is 0 Å². The molecule has 1 N–H and O–H groups in total. The van der Waals surface area contributed by atoms with Crippen molar-refractivity contribution in [2.45, 2.75) is 26.8 Å². The predicted molar refractivity (Wildman–Crippen MR) is 49.4 cm³/mol. The molecule has 62 valence electrons. The van der Waals surface area contributed by atoms with Gasteiger partial charge in [0.2, 0.25) is 0 Å². The maximum atomic E-state index is 4.25. The Morgan fingerprint density at radius 1 is 1.50 bits per heavy atom. The molecule has 0 saturated carbocycles. The highest BCUT2D eigenvalue weighted by Gasteiger charge is 2.12. The Morgan fingerprint density at radius 3 is 2.40 bits per heavy atom. The zero-order chi connectivity index (χ0) is 7.98. The van der Waals surface area contributed by atoms with Crippen LogP contribution >= 0.6 is 12.8 Å². The minimum Gasteiger partial charge on any atom is -0.314 e. The molecule has 0 radical (unpaired) electrons. The number of hydrogen-bond donors (Lipinski definition) is 2. The number of piperazine rings is 1. The zero-order valence-corrected chi connectivity index (χ0v) is 7.99. The van der Waals surface area contributed by atoms with Crippen molar-refractivity contribution in [1.82, 2.24) is 9.62 Å². The maximum Gasteiger partial charge on any atom is 0.0297 e. The molecule has 1 saturated heterocycles. The molecule has 0 spiro atoms. The summed E-state index contributed by atoms with van der Waals surface area (Å²) in [5.74, 6) is 0. The van der Waals surface area contributed by atoms with Crippen LogP contribution in [-0.4, -0.2) is 30.0 Å². The fourth-order valence-corrected chi connectivity index (χ4v) is 1.01. The SMILES string of the molecule is CC.CC1CNCCN1S. The molecule has 1 heterocycles. The number of nitrogens with one attached hydrogen (secondary N) is 1. The molecule has 0 aliphatic carbocycles. The van der Waals surface area contributed by atoms with E-state index in [2.05, 4.69) is 29.4 Å². The highest BCUT2D eigenvalue weighted by Crippen LogP contribution is 2.02. The zero-order valence-electron chi connectivity index (χ0n) is 7.09.